The fraction of sp³-hybridized carbons (Fsp3) is 0.750. The highest BCUT2D eigenvalue weighted by Gasteiger charge is 2.64. The molecule has 2 atom stereocenters. The van der Waals surface area contributed by atoms with Gasteiger partial charge in [0, 0.05) is 6.54 Å². The van der Waals surface area contributed by atoms with Crippen LogP contribution in [0.15, 0.2) is 0 Å². The Labute approximate surface area is 110 Å². The number of hydroxylamine groups is 2. The smallest absolute Gasteiger partial charge is 0.345 e. The molecule has 2 heterocycles. The number of carbonyl (C=O) groups is 3. The highest BCUT2D eigenvalue weighted by Crippen LogP contribution is 2.58. The predicted molar refractivity (Wildman–Crippen MR) is 63.9 cm³/mol. The van der Waals surface area contributed by atoms with Crippen molar-refractivity contribution in [3.05, 3.63) is 0 Å². The van der Waals surface area contributed by atoms with Crippen LogP contribution in [0.4, 0.5) is 4.79 Å². The van der Waals surface area contributed by atoms with Gasteiger partial charge in [-0.25, -0.2) is 4.79 Å². The molecule has 0 aromatic heterocycles. The molecule has 3 amide bonds. The van der Waals surface area contributed by atoms with Crippen molar-refractivity contribution in [2.45, 2.75) is 31.3 Å². The van der Waals surface area contributed by atoms with Gasteiger partial charge in [-0.2, -0.15) is 5.06 Å². The summed E-state index contributed by atoms with van der Waals surface area (Å²) in [7, 11) is 1.48. The van der Waals surface area contributed by atoms with E-state index >= 15 is 0 Å². The van der Waals surface area contributed by atoms with Gasteiger partial charge in [0.15, 0.2) is 0 Å². The second kappa shape index (κ2) is 4.19. The largest absolute Gasteiger partial charge is 0.348 e. The van der Waals surface area contributed by atoms with Gasteiger partial charge >= 0.3 is 6.03 Å². The Morgan fingerprint density at radius 3 is 2.89 bits per heavy atom. The quantitative estimate of drug-likeness (QED) is 0.698. The van der Waals surface area contributed by atoms with Crippen LogP contribution in [0.1, 0.15) is 19.3 Å². The van der Waals surface area contributed by atoms with Gasteiger partial charge in [0.25, 0.3) is 0 Å². The minimum absolute atomic E-state index is 0.0121. The van der Waals surface area contributed by atoms with Crippen LogP contribution in [0.3, 0.4) is 0 Å². The lowest BCUT2D eigenvalue weighted by molar-refractivity contribution is -0.129. The van der Waals surface area contributed by atoms with Crippen molar-refractivity contribution >= 4 is 18.2 Å². The number of hydrogen-bond acceptors (Lipinski definition) is 4. The Hall–Kier alpha value is -1.63. The first-order valence-electron chi connectivity index (χ1n) is 6.48. The molecule has 2 saturated heterocycles. The van der Waals surface area contributed by atoms with Crippen LogP contribution in [-0.2, 0) is 14.4 Å². The van der Waals surface area contributed by atoms with E-state index in [2.05, 4.69) is 5.32 Å². The van der Waals surface area contributed by atoms with Crippen LogP contribution in [0.25, 0.3) is 0 Å². The maximum atomic E-state index is 12.2. The summed E-state index contributed by atoms with van der Waals surface area (Å²) in [5.74, 6) is -0.247. The molecule has 7 nitrogen and oxygen atoms in total. The summed E-state index contributed by atoms with van der Waals surface area (Å²) in [6.45, 7) is 0.521. The van der Waals surface area contributed by atoms with Crippen molar-refractivity contribution < 1.29 is 19.2 Å². The van der Waals surface area contributed by atoms with E-state index in [1.165, 1.54) is 12.2 Å². The van der Waals surface area contributed by atoms with E-state index in [1.807, 2.05) is 0 Å². The van der Waals surface area contributed by atoms with Crippen LogP contribution in [-0.4, -0.2) is 60.5 Å². The molecule has 2 unspecified atom stereocenters. The van der Waals surface area contributed by atoms with E-state index in [1.54, 1.807) is 4.90 Å². The van der Waals surface area contributed by atoms with Gasteiger partial charge in [0.05, 0.1) is 19.7 Å². The number of amides is 3. The molecule has 0 radical (unpaired) electrons. The number of carbonyl (C=O) groups excluding carboxylic acids is 3. The Bertz CT molecular complexity index is 435. The van der Waals surface area contributed by atoms with E-state index in [0.29, 0.717) is 19.3 Å². The zero-order valence-electron chi connectivity index (χ0n) is 10.8. The van der Waals surface area contributed by atoms with Gasteiger partial charge in [0.1, 0.15) is 12.3 Å². The molecule has 1 saturated carbocycles. The van der Waals surface area contributed by atoms with Crippen LogP contribution in [0.2, 0.25) is 0 Å². The number of nitrogens with one attached hydrogen (secondary N) is 1. The first kappa shape index (κ1) is 12.4. The predicted octanol–water partition coefficient (Wildman–Crippen LogP) is -0.478. The third kappa shape index (κ3) is 1.72. The van der Waals surface area contributed by atoms with Crippen molar-refractivity contribution in [3.63, 3.8) is 0 Å². The highest BCUT2D eigenvalue weighted by molar-refractivity contribution is 5.89. The number of urea groups is 1. The maximum Gasteiger partial charge on any atom is 0.345 e. The van der Waals surface area contributed by atoms with Crippen LogP contribution >= 0.6 is 0 Å². The Morgan fingerprint density at radius 2 is 2.32 bits per heavy atom. The van der Waals surface area contributed by atoms with Gasteiger partial charge < -0.3 is 15.0 Å². The number of rotatable bonds is 4. The van der Waals surface area contributed by atoms with Crippen molar-refractivity contribution in [2.24, 2.45) is 5.41 Å². The normalized spacial score (nSPS) is 30.7. The summed E-state index contributed by atoms with van der Waals surface area (Å²) in [4.78, 5) is 41.3. The topological polar surface area (TPSA) is 79.0 Å². The fourth-order valence-corrected chi connectivity index (χ4v) is 3.33. The zero-order chi connectivity index (χ0) is 13.6. The molecule has 3 fully saturated rings. The molecule has 19 heavy (non-hydrogen) atoms. The number of fused-ring (bicyclic) bond motifs is 3. The minimum Gasteiger partial charge on any atom is -0.348 e. The molecule has 2 bridgehead atoms. The molecule has 3 rings (SSSR count). The molecule has 3 aliphatic rings. The molecular weight excluding hydrogens is 250 g/mol. The Balaban J connectivity index is 1.82. The molecular formula is C12H17N3O4. The van der Waals surface area contributed by atoms with E-state index in [9.17, 15) is 14.4 Å². The molecule has 104 valence electrons. The van der Waals surface area contributed by atoms with E-state index < -0.39 is 6.04 Å². The number of nitrogens with zero attached hydrogens (tertiary/aromatic N) is 2. The summed E-state index contributed by atoms with van der Waals surface area (Å²) in [5, 5.41) is 3.95. The Morgan fingerprint density at radius 1 is 1.58 bits per heavy atom. The lowest BCUT2D eigenvalue weighted by Gasteiger charge is -2.35. The molecule has 0 aromatic rings. The van der Waals surface area contributed by atoms with Crippen LogP contribution in [0, 0.1) is 5.41 Å². The summed E-state index contributed by atoms with van der Waals surface area (Å²) in [6.07, 6.45) is 3.35. The van der Waals surface area contributed by atoms with Gasteiger partial charge in [-0.3, -0.25) is 9.63 Å². The second-order valence-electron chi connectivity index (χ2n) is 5.45. The van der Waals surface area contributed by atoms with Gasteiger partial charge in [-0.05, 0) is 24.7 Å². The summed E-state index contributed by atoms with van der Waals surface area (Å²) < 4.78 is 0. The third-order valence-electron chi connectivity index (χ3n) is 4.52. The molecule has 0 aromatic carbocycles. The summed E-state index contributed by atoms with van der Waals surface area (Å²) in [5.41, 5.74) is 0.0296. The molecule has 1 spiro atoms. The molecule has 1 aliphatic carbocycles. The standard InChI is InChI=1S/C12H17N3O4/c1-19-15-9-7-14(11(15)18)8(6-12(9)2-3-12)10(17)13-4-5-16/h5,8-9H,2-4,6-7H2,1H3,(H,13,17). The number of hydrogen-bond donors (Lipinski definition) is 1. The van der Waals surface area contributed by atoms with Gasteiger partial charge in [0.2, 0.25) is 5.91 Å². The highest BCUT2D eigenvalue weighted by atomic mass is 16.7. The molecule has 2 aliphatic heterocycles. The van der Waals surface area contributed by atoms with E-state index in [0.717, 1.165) is 12.8 Å². The number of piperidine rings is 1. The average molecular weight is 267 g/mol. The summed E-state index contributed by atoms with van der Waals surface area (Å²) in [6, 6.07) is -0.672. The Kier molecular flexibility index (Phi) is 2.74. The monoisotopic (exact) mass is 267 g/mol. The van der Waals surface area contributed by atoms with Crippen molar-refractivity contribution in [1.82, 2.24) is 15.3 Å². The number of aldehydes is 1. The van der Waals surface area contributed by atoms with Crippen molar-refractivity contribution in [2.75, 3.05) is 20.2 Å². The first-order chi connectivity index (χ1) is 9.13. The first-order valence-corrected chi connectivity index (χ1v) is 6.48. The lowest BCUT2D eigenvalue weighted by atomic mass is 9.85. The molecule has 7 heteroatoms. The average Bonchev–Trinajstić information content (AvgIpc) is 3.12. The van der Waals surface area contributed by atoms with E-state index in [-0.39, 0.29) is 29.9 Å². The zero-order valence-corrected chi connectivity index (χ0v) is 10.8. The van der Waals surface area contributed by atoms with E-state index in [4.69, 9.17) is 4.84 Å². The maximum absolute atomic E-state index is 12.2. The fourth-order valence-electron chi connectivity index (χ4n) is 3.33. The SMILES string of the molecule is CON1C(=O)N2CC1C1(CC1)CC2C(=O)NCC=O. The van der Waals surface area contributed by atoms with Crippen LogP contribution < -0.4 is 5.32 Å². The van der Waals surface area contributed by atoms with Crippen LogP contribution in [0.5, 0.6) is 0 Å². The summed E-state index contributed by atoms with van der Waals surface area (Å²) >= 11 is 0. The van der Waals surface area contributed by atoms with Gasteiger partial charge in [-0.15, -0.1) is 0 Å². The minimum atomic E-state index is -0.480. The van der Waals surface area contributed by atoms with Gasteiger partial charge in [-0.1, -0.05) is 0 Å². The van der Waals surface area contributed by atoms with Crippen molar-refractivity contribution in [3.8, 4) is 0 Å². The second-order valence-corrected chi connectivity index (χ2v) is 5.45. The molecule has 1 N–H and O–H groups in total. The lowest BCUT2D eigenvalue weighted by Crippen LogP contribution is -2.53. The third-order valence-corrected chi connectivity index (χ3v) is 4.52. The van der Waals surface area contributed by atoms with Crippen molar-refractivity contribution in [1.29, 1.82) is 0 Å².